The summed E-state index contributed by atoms with van der Waals surface area (Å²) in [5, 5.41) is 2.94. The Morgan fingerprint density at radius 1 is 0.935 bits per heavy atom. The van der Waals surface area contributed by atoms with E-state index in [0.717, 1.165) is 29.9 Å². The molecule has 0 bridgehead atoms. The van der Waals surface area contributed by atoms with Crippen LogP contribution in [0.4, 0.5) is 11.4 Å². The minimum Gasteiger partial charge on any atom is -0.370 e. The predicted molar refractivity (Wildman–Crippen MR) is 130 cm³/mol. The Labute approximate surface area is 184 Å². The maximum Gasteiger partial charge on any atom is 0.248 e. The second kappa shape index (κ2) is 9.63. The molecule has 0 saturated carbocycles. The van der Waals surface area contributed by atoms with Crippen LogP contribution in [0.25, 0.3) is 17.2 Å². The molecular formula is C27H29N3O. The van der Waals surface area contributed by atoms with Crippen molar-refractivity contribution in [3.8, 4) is 11.1 Å². The number of nitrogens with one attached hydrogen (secondary N) is 1. The van der Waals surface area contributed by atoms with E-state index >= 15 is 0 Å². The van der Waals surface area contributed by atoms with Crippen LogP contribution in [0.3, 0.4) is 0 Å². The maximum atomic E-state index is 12.3. The Balaban J connectivity index is 1.32. The molecule has 4 rings (SSSR count). The van der Waals surface area contributed by atoms with Crippen molar-refractivity contribution in [3.05, 3.63) is 90.5 Å². The predicted octanol–water partition coefficient (Wildman–Crippen LogP) is 5.15. The number of anilines is 2. The van der Waals surface area contributed by atoms with Crippen molar-refractivity contribution in [2.75, 3.05) is 37.4 Å². The van der Waals surface area contributed by atoms with Gasteiger partial charge in [0.1, 0.15) is 0 Å². The average molecular weight is 412 g/mol. The smallest absolute Gasteiger partial charge is 0.248 e. The van der Waals surface area contributed by atoms with E-state index in [1.807, 2.05) is 48.5 Å². The van der Waals surface area contributed by atoms with E-state index in [4.69, 9.17) is 0 Å². The second-order valence-electron chi connectivity index (χ2n) is 8.21. The summed E-state index contributed by atoms with van der Waals surface area (Å²) in [5.74, 6) is -0.131. The van der Waals surface area contributed by atoms with E-state index in [1.54, 1.807) is 6.08 Å². The lowest BCUT2D eigenvalue weighted by Crippen LogP contribution is -2.31. The second-order valence-corrected chi connectivity index (χ2v) is 8.21. The van der Waals surface area contributed by atoms with Crippen LogP contribution in [0, 0.1) is 0 Å². The molecular weight excluding hydrogens is 382 g/mol. The van der Waals surface area contributed by atoms with Crippen molar-refractivity contribution < 1.29 is 4.79 Å². The van der Waals surface area contributed by atoms with Crippen molar-refractivity contribution in [1.82, 2.24) is 4.90 Å². The van der Waals surface area contributed by atoms with Crippen LogP contribution in [0.15, 0.2) is 84.9 Å². The fourth-order valence-electron chi connectivity index (χ4n) is 3.93. The van der Waals surface area contributed by atoms with Crippen molar-refractivity contribution in [1.29, 1.82) is 0 Å². The zero-order valence-electron chi connectivity index (χ0n) is 18.2. The molecule has 1 atom stereocenters. The van der Waals surface area contributed by atoms with Gasteiger partial charge in [-0.15, -0.1) is 0 Å². The number of rotatable bonds is 6. The Hall–Kier alpha value is -3.37. The van der Waals surface area contributed by atoms with Crippen LogP contribution in [-0.4, -0.2) is 44.0 Å². The molecule has 0 aromatic heterocycles. The van der Waals surface area contributed by atoms with E-state index in [2.05, 4.69) is 65.6 Å². The Bertz CT molecular complexity index is 1020. The zero-order chi connectivity index (χ0) is 21.6. The van der Waals surface area contributed by atoms with Crippen LogP contribution >= 0.6 is 0 Å². The molecule has 31 heavy (non-hydrogen) atoms. The first-order chi connectivity index (χ1) is 15.1. The standard InChI is InChI=1S/C27H29N3O/c1-29(2)26-18-19-30(20-26)25-15-13-24(14-16-25)28-27(31)17-10-21-8-11-23(12-9-21)22-6-4-3-5-7-22/h3-17,26H,18-20H2,1-2H3,(H,28,31)/b17-10+. The monoisotopic (exact) mass is 411 g/mol. The summed E-state index contributed by atoms with van der Waals surface area (Å²) in [6.45, 7) is 2.12. The minimum atomic E-state index is -0.131. The molecule has 0 radical (unpaired) electrons. The van der Waals surface area contributed by atoms with E-state index in [1.165, 1.54) is 17.7 Å². The van der Waals surface area contributed by atoms with Crippen LogP contribution in [0.1, 0.15) is 12.0 Å². The van der Waals surface area contributed by atoms with E-state index in [0.29, 0.717) is 6.04 Å². The number of benzene rings is 3. The average Bonchev–Trinajstić information content (AvgIpc) is 3.30. The van der Waals surface area contributed by atoms with Gasteiger partial charge in [-0.2, -0.15) is 0 Å². The van der Waals surface area contributed by atoms with Gasteiger partial charge in [-0.25, -0.2) is 0 Å². The number of nitrogens with zero attached hydrogens (tertiary/aromatic N) is 2. The summed E-state index contributed by atoms with van der Waals surface area (Å²) < 4.78 is 0. The zero-order valence-corrected chi connectivity index (χ0v) is 18.2. The molecule has 1 unspecified atom stereocenters. The van der Waals surface area contributed by atoms with Gasteiger partial charge >= 0.3 is 0 Å². The minimum absolute atomic E-state index is 0.131. The Morgan fingerprint density at radius 3 is 2.26 bits per heavy atom. The third kappa shape index (κ3) is 5.41. The molecule has 3 aromatic carbocycles. The molecule has 158 valence electrons. The van der Waals surface area contributed by atoms with Crippen LogP contribution in [-0.2, 0) is 4.79 Å². The number of carbonyl (C=O) groups excluding carboxylic acids is 1. The molecule has 1 saturated heterocycles. The van der Waals surface area contributed by atoms with Crippen LogP contribution in [0.2, 0.25) is 0 Å². The summed E-state index contributed by atoms with van der Waals surface area (Å²) >= 11 is 0. The molecule has 1 aliphatic rings. The molecule has 1 N–H and O–H groups in total. The highest BCUT2D eigenvalue weighted by molar-refractivity contribution is 6.02. The highest BCUT2D eigenvalue weighted by Gasteiger charge is 2.23. The first-order valence-electron chi connectivity index (χ1n) is 10.7. The largest absolute Gasteiger partial charge is 0.370 e. The molecule has 3 aromatic rings. The first-order valence-corrected chi connectivity index (χ1v) is 10.7. The number of hydrogen-bond acceptors (Lipinski definition) is 3. The number of amides is 1. The van der Waals surface area contributed by atoms with Crippen LogP contribution in [0.5, 0.6) is 0 Å². The quantitative estimate of drug-likeness (QED) is 0.570. The van der Waals surface area contributed by atoms with Gasteiger partial charge in [-0.3, -0.25) is 4.79 Å². The lowest BCUT2D eigenvalue weighted by Gasteiger charge is -2.22. The summed E-state index contributed by atoms with van der Waals surface area (Å²) in [6, 6.07) is 27.2. The fraction of sp³-hybridized carbons (Fsp3) is 0.222. The van der Waals surface area contributed by atoms with Gasteiger partial charge in [-0.1, -0.05) is 54.6 Å². The van der Waals surface area contributed by atoms with Gasteiger partial charge in [0.15, 0.2) is 0 Å². The van der Waals surface area contributed by atoms with Crippen molar-refractivity contribution >= 4 is 23.4 Å². The van der Waals surface area contributed by atoms with Crippen molar-refractivity contribution in [2.45, 2.75) is 12.5 Å². The highest BCUT2D eigenvalue weighted by atomic mass is 16.1. The van der Waals surface area contributed by atoms with Crippen LogP contribution < -0.4 is 10.2 Å². The molecule has 1 heterocycles. The van der Waals surface area contributed by atoms with Crippen molar-refractivity contribution in [3.63, 3.8) is 0 Å². The molecule has 1 aliphatic heterocycles. The number of likely N-dealkylation sites (N-methyl/N-ethyl adjacent to an activating group) is 1. The summed E-state index contributed by atoms with van der Waals surface area (Å²) in [7, 11) is 4.27. The van der Waals surface area contributed by atoms with E-state index in [-0.39, 0.29) is 5.91 Å². The highest BCUT2D eigenvalue weighted by Crippen LogP contribution is 2.24. The van der Waals surface area contributed by atoms with Gasteiger partial charge in [0.2, 0.25) is 5.91 Å². The SMILES string of the molecule is CN(C)C1CCN(c2ccc(NC(=O)/C=C/c3ccc(-c4ccccc4)cc3)cc2)C1. The third-order valence-electron chi connectivity index (χ3n) is 5.84. The third-order valence-corrected chi connectivity index (χ3v) is 5.84. The molecule has 0 spiro atoms. The van der Waals surface area contributed by atoms with Gasteiger partial charge in [0.05, 0.1) is 0 Å². The number of carbonyl (C=O) groups is 1. The maximum absolute atomic E-state index is 12.3. The topological polar surface area (TPSA) is 35.6 Å². The molecule has 4 nitrogen and oxygen atoms in total. The molecule has 4 heteroatoms. The Morgan fingerprint density at radius 2 is 1.61 bits per heavy atom. The van der Waals surface area contributed by atoms with Gasteiger partial charge in [0.25, 0.3) is 0 Å². The number of hydrogen-bond donors (Lipinski definition) is 1. The summed E-state index contributed by atoms with van der Waals surface area (Å²) in [5.41, 5.74) is 5.36. The van der Waals surface area contributed by atoms with Crippen molar-refractivity contribution in [2.24, 2.45) is 0 Å². The van der Waals surface area contributed by atoms with E-state index < -0.39 is 0 Å². The van der Waals surface area contributed by atoms with Gasteiger partial charge in [0, 0.05) is 36.6 Å². The normalized spacial score (nSPS) is 16.2. The summed E-state index contributed by atoms with van der Waals surface area (Å²) in [6.07, 6.45) is 4.60. The fourth-order valence-corrected chi connectivity index (χ4v) is 3.93. The molecule has 1 fully saturated rings. The molecule has 0 aliphatic carbocycles. The van der Waals surface area contributed by atoms with Gasteiger partial charge < -0.3 is 15.1 Å². The van der Waals surface area contributed by atoms with E-state index in [9.17, 15) is 4.79 Å². The van der Waals surface area contributed by atoms with Gasteiger partial charge in [-0.05, 0) is 67.5 Å². The lowest BCUT2D eigenvalue weighted by molar-refractivity contribution is -0.111. The summed E-state index contributed by atoms with van der Waals surface area (Å²) in [4.78, 5) is 17.0. The molecule has 1 amide bonds. The first kappa shape index (κ1) is 20.9. The lowest BCUT2D eigenvalue weighted by atomic mass is 10.0. The Kier molecular flexibility index (Phi) is 6.48.